The molecule has 1 aromatic carbocycles. The third kappa shape index (κ3) is 3.47. The van der Waals surface area contributed by atoms with Gasteiger partial charge in [0.1, 0.15) is 5.75 Å². The molecule has 8 heteroatoms. The SMILES string of the molecule is CCOC(=O)C1=C(C)N(C)C(=O)N[C@@H]1c1ccccc1OC(F)F. The van der Waals surface area contributed by atoms with Crippen LogP contribution in [0, 0.1) is 0 Å². The lowest BCUT2D eigenvalue weighted by Crippen LogP contribution is -2.46. The molecule has 0 saturated heterocycles. The maximum absolute atomic E-state index is 12.6. The summed E-state index contributed by atoms with van der Waals surface area (Å²) in [6, 6.07) is 4.60. The monoisotopic (exact) mass is 340 g/mol. The Labute approximate surface area is 138 Å². The number of nitrogens with one attached hydrogen (secondary N) is 1. The van der Waals surface area contributed by atoms with Crippen molar-refractivity contribution < 1.29 is 27.8 Å². The highest BCUT2D eigenvalue weighted by Gasteiger charge is 2.36. The van der Waals surface area contributed by atoms with Crippen LogP contribution >= 0.6 is 0 Å². The molecule has 130 valence electrons. The summed E-state index contributed by atoms with van der Waals surface area (Å²) in [5.74, 6) is -0.740. The summed E-state index contributed by atoms with van der Waals surface area (Å²) in [6.07, 6.45) is 0. The topological polar surface area (TPSA) is 67.9 Å². The molecule has 1 aliphatic heterocycles. The zero-order valence-electron chi connectivity index (χ0n) is 13.5. The zero-order chi connectivity index (χ0) is 17.9. The Balaban J connectivity index is 2.54. The van der Waals surface area contributed by atoms with Crippen LogP contribution in [0.5, 0.6) is 5.75 Å². The number of halogens is 2. The van der Waals surface area contributed by atoms with Crippen LogP contribution in [0.4, 0.5) is 13.6 Å². The second kappa shape index (κ2) is 7.29. The number of hydrogen-bond acceptors (Lipinski definition) is 4. The normalized spacial score (nSPS) is 17.8. The number of carbonyl (C=O) groups excluding carboxylic acids is 2. The van der Waals surface area contributed by atoms with Gasteiger partial charge in [0, 0.05) is 18.3 Å². The summed E-state index contributed by atoms with van der Waals surface area (Å²) in [6.45, 7) is 0.371. The van der Waals surface area contributed by atoms with Crippen molar-refractivity contribution in [3.8, 4) is 5.75 Å². The predicted octanol–water partition coefficient (Wildman–Crippen LogP) is 2.82. The van der Waals surface area contributed by atoms with Crippen LogP contribution in [-0.2, 0) is 9.53 Å². The highest BCUT2D eigenvalue weighted by Crippen LogP contribution is 2.35. The van der Waals surface area contributed by atoms with Crippen molar-refractivity contribution in [3.05, 3.63) is 41.1 Å². The van der Waals surface area contributed by atoms with E-state index in [9.17, 15) is 18.4 Å². The van der Waals surface area contributed by atoms with Gasteiger partial charge in [-0.25, -0.2) is 9.59 Å². The number of benzene rings is 1. The van der Waals surface area contributed by atoms with E-state index in [0.29, 0.717) is 5.70 Å². The van der Waals surface area contributed by atoms with E-state index in [1.807, 2.05) is 0 Å². The van der Waals surface area contributed by atoms with E-state index in [0.717, 1.165) is 0 Å². The Kier molecular flexibility index (Phi) is 5.38. The molecule has 0 unspecified atom stereocenters. The second-order valence-electron chi connectivity index (χ2n) is 5.08. The fraction of sp³-hybridized carbons (Fsp3) is 0.375. The first-order valence-electron chi connectivity index (χ1n) is 7.32. The fourth-order valence-electron chi connectivity index (χ4n) is 2.46. The summed E-state index contributed by atoms with van der Waals surface area (Å²) in [4.78, 5) is 25.7. The van der Waals surface area contributed by atoms with Crippen molar-refractivity contribution in [2.45, 2.75) is 26.5 Å². The summed E-state index contributed by atoms with van der Waals surface area (Å²) < 4.78 is 34.8. The molecule has 0 bridgehead atoms. The molecule has 2 rings (SSSR count). The van der Waals surface area contributed by atoms with Crippen molar-refractivity contribution in [3.63, 3.8) is 0 Å². The zero-order valence-corrected chi connectivity index (χ0v) is 13.5. The van der Waals surface area contributed by atoms with Gasteiger partial charge < -0.3 is 19.7 Å². The van der Waals surface area contributed by atoms with E-state index in [-0.39, 0.29) is 23.5 Å². The van der Waals surface area contributed by atoms with Gasteiger partial charge in [-0.1, -0.05) is 18.2 Å². The van der Waals surface area contributed by atoms with Crippen molar-refractivity contribution >= 4 is 12.0 Å². The van der Waals surface area contributed by atoms with Crippen molar-refractivity contribution in [1.82, 2.24) is 10.2 Å². The Hall–Kier alpha value is -2.64. The molecule has 0 aromatic heterocycles. The summed E-state index contributed by atoms with van der Waals surface area (Å²) in [7, 11) is 1.50. The average Bonchev–Trinajstić information content (AvgIpc) is 2.52. The largest absolute Gasteiger partial charge is 0.463 e. The van der Waals surface area contributed by atoms with Crippen LogP contribution < -0.4 is 10.1 Å². The summed E-state index contributed by atoms with van der Waals surface area (Å²) >= 11 is 0. The van der Waals surface area contributed by atoms with Gasteiger partial charge in [-0.2, -0.15) is 8.78 Å². The van der Waals surface area contributed by atoms with Gasteiger partial charge in [-0.15, -0.1) is 0 Å². The molecule has 24 heavy (non-hydrogen) atoms. The van der Waals surface area contributed by atoms with Gasteiger partial charge in [-0.3, -0.25) is 0 Å². The van der Waals surface area contributed by atoms with E-state index in [1.165, 1.54) is 30.1 Å². The lowest BCUT2D eigenvalue weighted by Gasteiger charge is -2.33. The maximum Gasteiger partial charge on any atom is 0.387 e. The molecule has 2 amide bonds. The van der Waals surface area contributed by atoms with Gasteiger partial charge in [0.2, 0.25) is 0 Å². The van der Waals surface area contributed by atoms with Crippen LogP contribution in [-0.4, -0.2) is 37.2 Å². The Bertz CT molecular complexity index is 676. The number of urea groups is 1. The molecule has 0 radical (unpaired) electrons. The number of hydrogen-bond donors (Lipinski definition) is 1. The molecule has 1 heterocycles. The highest BCUT2D eigenvalue weighted by molar-refractivity contribution is 5.95. The molecule has 1 N–H and O–H groups in total. The standard InChI is InChI=1S/C16H18F2N2O4/c1-4-23-14(21)12-9(2)20(3)16(22)19-13(12)10-7-5-6-8-11(10)24-15(17)18/h5-8,13,15H,4H2,1-3H3,(H,19,22)/t13-/m1/s1. The Morgan fingerprint density at radius 1 is 1.38 bits per heavy atom. The lowest BCUT2D eigenvalue weighted by atomic mass is 9.94. The first kappa shape index (κ1) is 17.7. The summed E-state index contributed by atoms with van der Waals surface area (Å²) in [5.41, 5.74) is 0.806. The first-order chi connectivity index (χ1) is 11.4. The third-order valence-corrected chi connectivity index (χ3v) is 3.70. The second-order valence-corrected chi connectivity index (χ2v) is 5.08. The number of esters is 1. The van der Waals surface area contributed by atoms with E-state index in [2.05, 4.69) is 10.1 Å². The molecule has 1 atom stereocenters. The van der Waals surface area contributed by atoms with Crippen molar-refractivity contribution in [2.24, 2.45) is 0 Å². The van der Waals surface area contributed by atoms with Gasteiger partial charge in [0.25, 0.3) is 0 Å². The minimum atomic E-state index is -3.02. The first-order valence-corrected chi connectivity index (χ1v) is 7.32. The van der Waals surface area contributed by atoms with E-state index >= 15 is 0 Å². The van der Waals surface area contributed by atoms with Crippen molar-refractivity contribution in [2.75, 3.05) is 13.7 Å². The molecule has 0 saturated carbocycles. The number of amides is 2. The predicted molar refractivity (Wildman–Crippen MR) is 81.4 cm³/mol. The Morgan fingerprint density at radius 2 is 2.04 bits per heavy atom. The minimum Gasteiger partial charge on any atom is -0.463 e. The van der Waals surface area contributed by atoms with E-state index in [4.69, 9.17) is 4.74 Å². The fourth-order valence-corrected chi connectivity index (χ4v) is 2.46. The number of allylic oxidation sites excluding steroid dienone is 1. The minimum absolute atomic E-state index is 0.114. The van der Waals surface area contributed by atoms with Crippen LogP contribution in [0.1, 0.15) is 25.5 Å². The molecule has 0 aliphatic carbocycles. The molecular formula is C16H18F2N2O4. The van der Waals surface area contributed by atoms with E-state index < -0.39 is 24.7 Å². The maximum atomic E-state index is 12.6. The van der Waals surface area contributed by atoms with Crippen LogP contribution in [0.3, 0.4) is 0 Å². The van der Waals surface area contributed by atoms with Gasteiger partial charge >= 0.3 is 18.6 Å². The van der Waals surface area contributed by atoms with Crippen LogP contribution in [0.15, 0.2) is 35.5 Å². The van der Waals surface area contributed by atoms with Crippen LogP contribution in [0.25, 0.3) is 0 Å². The molecule has 1 aliphatic rings. The molecule has 1 aromatic rings. The smallest absolute Gasteiger partial charge is 0.387 e. The Morgan fingerprint density at radius 3 is 2.67 bits per heavy atom. The molecule has 6 nitrogen and oxygen atoms in total. The summed E-state index contributed by atoms with van der Waals surface area (Å²) in [5, 5.41) is 2.62. The molecule has 0 fully saturated rings. The van der Waals surface area contributed by atoms with Crippen LogP contribution in [0.2, 0.25) is 0 Å². The van der Waals surface area contributed by atoms with Gasteiger partial charge in [0.15, 0.2) is 0 Å². The van der Waals surface area contributed by atoms with Gasteiger partial charge in [0.05, 0.1) is 18.2 Å². The van der Waals surface area contributed by atoms with Crippen molar-refractivity contribution in [1.29, 1.82) is 0 Å². The number of ether oxygens (including phenoxy) is 2. The average molecular weight is 340 g/mol. The number of rotatable bonds is 5. The number of alkyl halides is 2. The molecular weight excluding hydrogens is 322 g/mol. The number of carbonyl (C=O) groups is 2. The highest BCUT2D eigenvalue weighted by atomic mass is 19.3. The third-order valence-electron chi connectivity index (χ3n) is 3.70. The lowest BCUT2D eigenvalue weighted by molar-refractivity contribution is -0.139. The number of para-hydroxylation sites is 1. The van der Waals surface area contributed by atoms with Gasteiger partial charge in [-0.05, 0) is 19.9 Å². The quantitative estimate of drug-likeness (QED) is 0.837. The molecule has 0 spiro atoms. The number of nitrogens with zero attached hydrogens (tertiary/aromatic N) is 1. The van der Waals surface area contributed by atoms with E-state index in [1.54, 1.807) is 19.9 Å².